The molecule has 0 aliphatic rings. The maximum atomic E-state index is 13.2. The highest BCUT2D eigenvalue weighted by Gasteiger charge is 2.57. The van der Waals surface area contributed by atoms with Crippen LogP contribution in [0.4, 0.5) is 0 Å². The molecule has 3 aromatic rings. The Morgan fingerprint density at radius 2 is 1.03 bits per heavy atom. The van der Waals surface area contributed by atoms with Crippen molar-refractivity contribution in [2.75, 3.05) is 0 Å². The van der Waals surface area contributed by atoms with Crippen molar-refractivity contribution in [3.05, 3.63) is 108 Å². The van der Waals surface area contributed by atoms with Gasteiger partial charge in [0.15, 0.2) is 4.07 Å². The molecule has 168 valence electrons. The summed E-state index contributed by atoms with van der Waals surface area (Å²) in [6.07, 6.45) is 7.66. The summed E-state index contributed by atoms with van der Waals surface area (Å²) in [6.45, 7) is 2.22. The molecule has 1 atom stereocenters. The maximum Gasteiger partial charge on any atom is 0.338 e. The summed E-state index contributed by atoms with van der Waals surface area (Å²) in [7, 11) is -2.87. The van der Waals surface area contributed by atoms with E-state index < -0.39 is 17.2 Å². The summed E-state index contributed by atoms with van der Waals surface area (Å²) in [5, 5.41) is 0. The highest BCUT2D eigenvalue weighted by atomic mass is 79.9. The van der Waals surface area contributed by atoms with Crippen molar-refractivity contribution in [1.82, 2.24) is 0 Å². The minimum absolute atomic E-state index is 0.733. The third kappa shape index (κ3) is 5.00. The van der Waals surface area contributed by atoms with E-state index in [1.807, 2.05) is 66.7 Å². The van der Waals surface area contributed by atoms with Gasteiger partial charge in [0.2, 0.25) is 0 Å². The van der Waals surface area contributed by atoms with Crippen LogP contribution in [0.5, 0.6) is 0 Å². The van der Waals surface area contributed by atoms with Crippen LogP contribution < -0.4 is 0 Å². The van der Waals surface area contributed by atoms with Gasteiger partial charge in [-0.1, -0.05) is 152 Å². The maximum absolute atomic E-state index is 13.2. The molecule has 2 nitrogen and oxygen atoms in total. The summed E-state index contributed by atoms with van der Waals surface area (Å²) in [5.41, 5.74) is 2.02. The van der Waals surface area contributed by atoms with Gasteiger partial charge >= 0.3 is 7.68 Å². The first-order chi connectivity index (χ1) is 15.6. The lowest BCUT2D eigenvalue weighted by atomic mass is 9.66. The first kappa shape index (κ1) is 24.7. The number of rotatable bonds is 12. The Balaban J connectivity index is 2.20. The van der Waals surface area contributed by atoms with E-state index in [1.165, 1.54) is 25.7 Å². The molecular weight excluding hydrogens is 479 g/mol. The lowest BCUT2D eigenvalue weighted by molar-refractivity contribution is 0.386. The van der Waals surface area contributed by atoms with Gasteiger partial charge in [0, 0.05) is 0 Å². The SMILES string of the molecule is CCCCCCCCC(c1ccccc1)(c1ccccc1)C(Br)(c1ccccc1)P(=O)=O. The number of hydrogen-bond acceptors (Lipinski definition) is 2. The second-order valence-electron chi connectivity index (χ2n) is 8.40. The van der Waals surface area contributed by atoms with Crippen LogP contribution in [0.1, 0.15) is 68.6 Å². The van der Waals surface area contributed by atoms with E-state index in [4.69, 9.17) is 0 Å². The third-order valence-electron chi connectivity index (χ3n) is 6.41. The highest BCUT2D eigenvalue weighted by molar-refractivity contribution is 9.10. The molecule has 0 saturated carbocycles. The average Bonchev–Trinajstić information content (AvgIpc) is 2.85. The molecule has 1 unspecified atom stereocenters. The van der Waals surface area contributed by atoms with Gasteiger partial charge in [0.1, 0.15) is 0 Å². The zero-order valence-corrected chi connectivity index (χ0v) is 21.2. The van der Waals surface area contributed by atoms with Gasteiger partial charge in [-0.05, 0) is 23.1 Å². The molecule has 4 heteroatoms. The molecule has 0 aromatic heterocycles. The number of unbranched alkanes of at least 4 members (excludes halogenated alkanes) is 5. The van der Waals surface area contributed by atoms with Crippen LogP contribution in [0, 0.1) is 0 Å². The van der Waals surface area contributed by atoms with Gasteiger partial charge in [-0.15, -0.1) is 0 Å². The summed E-state index contributed by atoms with van der Waals surface area (Å²) in [5.74, 6) is 0. The topological polar surface area (TPSA) is 34.1 Å². The Bertz CT molecular complexity index is 972. The quantitative estimate of drug-likeness (QED) is 0.138. The molecule has 0 saturated heterocycles. The van der Waals surface area contributed by atoms with Crippen molar-refractivity contribution in [3.8, 4) is 0 Å². The number of hydrogen-bond donors (Lipinski definition) is 0. The Morgan fingerprint density at radius 3 is 1.47 bits per heavy atom. The Morgan fingerprint density at radius 1 is 0.625 bits per heavy atom. The summed E-state index contributed by atoms with van der Waals surface area (Å²) >= 11 is 3.85. The summed E-state index contributed by atoms with van der Waals surface area (Å²) in [4.78, 5) is 0. The molecule has 0 aliphatic carbocycles. The van der Waals surface area contributed by atoms with Gasteiger partial charge in [-0.2, -0.15) is 0 Å². The van der Waals surface area contributed by atoms with Crippen LogP contribution >= 0.6 is 23.6 Å². The van der Waals surface area contributed by atoms with Gasteiger partial charge in [-0.3, -0.25) is 0 Å². The summed E-state index contributed by atoms with van der Waals surface area (Å²) < 4.78 is 25.1. The predicted molar refractivity (Wildman–Crippen MR) is 137 cm³/mol. The molecule has 0 spiro atoms. The Labute approximate surface area is 201 Å². The fourth-order valence-corrected chi connectivity index (χ4v) is 6.75. The van der Waals surface area contributed by atoms with Gasteiger partial charge in [0.25, 0.3) is 0 Å². The minimum Gasteiger partial charge on any atom is -0.235 e. The molecule has 0 radical (unpaired) electrons. The molecular formula is C28H32BrO2P. The van der Waals surface area contributed by atoms with Crippen molar-refractivity contribution in [2.24, 2.45) is 0 Å². The lowest BCUT2D eigenvalue weighted by Crippen LogP contribution is -2.43. The molecule has 0 N–H and O–H groups in total. The third-order valence-corrected chi connectivity index (χ3v) is 9.56. The molecule has 32 heavy (non-hydrogen) atoms. The van der Waals surface area contributed by atoms with Gasteiger partial charge in [-0.25, -0.2) is 9.13 Å². The zero-order chi connectivity index (χ0) is 22.9. The van der Waals surface area contributed by atoms with Crippen molar-refractivity contribution in [1.29, 1.82) is 0 Å². The van der Waals surface area contributed by atoms with Crippen LogP contribution in [0.15, 0.2) is 91.0 Å². The normalized spacial score (nSPS) is 13.4. The number of halogens is 1. The van der Waals surface area contributed by atoms with E-state index in [9.17, 15) is 9.13 Å². The molecule has 3 aromatic carbocycles. The molecule has 0 amide bonds. The monoisotopic (exact) mass is 510 g/mol. The van der Waals surface area contributed by atoms with E-state index >= 15 is 0 Å². The van der Waals surface area contributed by atoms with E-state index in [0.29, 0.717) is 0 Å². The van der Waals surface area contributed by atoms with E-state index in [0.717, 1.165) is 36.0 Å². The minimum atomic E-state index is -2.87. The van der Waals surface area contributed by atoms with Crippen LogP contribution in [0.2, 0.25) is 0 Å². The van der Waals surface area contributed by atoms with Crippen molar-refractivity contribution >= 4 is 23.6 Å². The fraction of sp³-hybridized carbons (Fsp3) is 0.357. The second kappa shape index (κ2) is 11.8. The molecule has 0 fully saturated rings. The summed E-state index contributed by atoms with van der Waals surface area (Å²) in [6, 6.07) is 29.9. The average molecular weight is 511 g/mol. The first-order valence-corrected chi connectivity index (χ1v) is 13.5. The Kier molecular flexibility index (Phi) is 9.08. The predicted octanol–water partition coefficient (Wildman–Crippen LogP) is 9.14. The van der Waals surface area contributed by atoms with Crippen molar-refractivity contribution in [3.63, 3.8) is 0 Å². The van der Waals surface area contributed by atoms with Crippen LogP contribution in [0.3, 0.4) is 0 Å². The number of alkyl halides is 1. The number of benzene rings is 3. The molecule has 3 rings (SSSR count). The van der Waals surface area contributed by atoms with Crippen molar-refractivity contribution < 1.29 is 9.13 Å². The standard InChI is InChI=1S/C28H32BrO2P/c1-2-3-4-5-6-16-23-27(24-17-10-7-11-18-24,25-19-12-8-13-20-25)28(29,32(30)31)26-21-14-9-15-22-26/h7-15,17-22H,2-6,16,23H2,1H3. The molecule has 0 bridgehead atoms. The van der Waals surface area contributed by atoms with Crippen LogP contribution in [0.25, 0.3) is 0 Å². The van der Waals surface area contributed by atoms with E-state index in [-0.39, 0.29) is 0 Å². The van der Waals surface area contributed by atoms with Crippen LogP contribution in [-0.2, 0) is 18.6 Å². The fourth-order valence-electron chi connectivity index (χ4n) is 4.79. The highest BCUT2D eigenvalue weighted by Crippen LogP contribution is 2.63. The zero-order valence-electron chi connectivity index (χ0n) is 18.8. The van der Waals surface area contributed by atoms with Crippen LogP contribution in [-0.4, -0.2) is 0 Å². The Hall–Kier alpha value is -1.96. The van der Waals surface area contributed by atoms with Gasteiger partial charge in [0.05, 0.1) is 5.41 Å². The lowest BCUT2D eigenvalue weighted by Gasteiger charge is -2.45. The van der Waals surface area contributed by atoms with Crippen molar-refractivity contribution in [2.45, 2.75) is 61.3 Å². The van der Waals surface area contributed by atoms with E-state index in [1.54, 1.807) is 0 Å². The van der Waals surface area contributed by atoms with Gasteiger partial charge < -0.3 is 0 Å². The first-order valence-electron chi connectivity index (χ1n) is 11.6. The molecule has 0 aliphatic heterocycles. The smallest absolute Gasteiger partial charge is 0.235 e. The van der Waals surface area contributed by atoms with E-state index in [2.05, 4.69) is 47.1 Å². The molecule has 0 heterocycles. The second-order valence-corrected chi connectivity index (χ2v) is 11.4. The largest absolute Gasteiger partial charge is 0.338 e.